The van der Waals surface area contributed by atoms with Gasteiger partial charge in [0.05, 0.1) is 29.4 Å². The summed E-state index contributed by atoms with van der Waals surface area (Å²) in [7, 11) is 3.83. The highest BCUT2D eigenvalue weighted by atomic mass is 19.4. The van der Waals surface area contributed by atoms with Gasteiger partial charge in [0.2, 0.25) is 5.95 Å². The number of fused-ring (bicyclic) bond motifs is 3. The summed E-state index contributed by atoms with van der Waals surface area (Å²) in [6.45, 7) is 2.75. The molecule has 1 saturated heterocycles. The fourth-order valence-electron chi connectivity index (χ4n) is 4.64. The topological polar surface area (TPSA) is 58.8 Å². The number of hydrogen-bond donors (Lipinski definition) is 0. The second-order valence-corrected chi connectivity index (χ2v) is 9.42. The molecule has 4 aromatic rings. The molecule has 0 radical (unpaired) electrons. The highest BCUT2D eigenvalue weighted by Crippen LogP contribution is 2.39. The van der Waals surface area contributed by atoms with Gasteiger partial charge >= 0.3 is 6.18 Å². The Morgan fingerprint density at radius 2 is 1.72 bits per heavy atom. The summed E-state index contributed by atoms with van der Waals surface area (Å²) in [5, 5.41) is 8.70. The van der Waals surface area contributed by atoms with Crippen LogP contribution in [0.3, 0.4) is 0 Å². The quantitative estimate of drug-likeness (QED) is 0.323. The van der Waals surface area contributed by atoms with Gasteiger partial charge in [-0.25, -0.2) is 0 Å². The first-order chi connectivity index (χ1) is 17.3. The third-order valence-corrected chi connectivity index (χ3v) is 6.47. The van der Waals surface area contributed by atoms with Crippen LogP contribution in [-0.4, -0.2) is 64.8 Å². The van der Waals surface area contributed by atoms with Gasteiger partial charge in [-0.1, -0.05) is 12.1 Å². The summed E-state index contributed by atoms with van der Waals surface area (Å²) in [5.74, 6) is 0.591. The van der Waals surface area contributed by atoms with Gasteiger partial charge in [-0.3, -0.25) is 9.38 Å². The van der Waals surface area contributed by atoms with E-state index < -0.39 is 11.7 Å². The fourth-order valence-corrected chi connectivity index (χ4v) is 4.64. The van der Waals surface area contributed by atoms with E-state index in [9.17, 15) is 13.2 Å². The first-order valence-corrected chi connectivity index (χ1v) is 12.2. The molecule has 0 spiro atoms. The van der Waals surface area contributed by atoms with Crippen LogP contribution in [0.15, 0.2) is 42.6 Å². The van der Waals surface area contributed by atoms with Crippen LogP contribution in [0.1, 0.15) is 31.2 Å². The van der Waals surface area contributed by atoms with Gasteiger partial charge in [-0.2, -0.15) is 13.2 Å². The number of rotatable bonds is 7. The zero-order valence-corrected chi connectivity index (χ0v) is 20.4. The number of anilines is 1. The van der Waals surface area contributed by atoms with E-state index in [2.05, 4.69) is 20.1 Å². The number of alkyl halides is 3. The van der Waals surface area contributed by atoms with Gasteiger partial charge in [0.15, 0.2) is 5.65 Å². The van der Waals surface area contributed by atoms with Gasteiger partial charge in [0.25, 0.3) is 0 Å². The molecule has 0 atom stereocenters. The van der Waals surface area contributed by atoms with Crippen molar-refractivity contribution in [2.75, 3.05) is 45.2 Å². The Morgan fingerprint density at radius 1 is 0.972 bits per heavy atom. The van der Waals surface area contributed by atoms with E-state index in [1.165, 1.54) is 12.5 Å². The van der Waals surface area contributed by atoms with Crippen LogP contribution in [0, 0.1) is 0 Å². The first kappa shape index (κ1) is 24.3. The summed E-state index contributed by atoms with van der Waals surface area (Å²) in [6.07, 6.45) is 1.15. The van der Waals surface area contributed by atoms with Crippen molar-refractivity contribution in [1.82, 2.24) is 24.5 Å². The standard InChI is InChI=1S/C26H29F3N6O/c1-33(2)11-6-14-36-23-10-8-18(15-20(23)26(27,28)29)19-7-9-21-22(16-19)35-24(17-30-21)31-32-25(35)34-12-4-3-5-13-34/h7-10,15-17H,3-6,11-14H2,1-2H3. The third-order valence-electron chi connectivity index (χ3n) is 6.47. The Morgan fingerprint density at radius 3 is 2.47 bits per heavy atom. The maximum atomic E-state index is 13.9. The first-order valence-electron chi connectivity index (χ1n) is 12.2. The number of hydrogen-bond acceptors (Lipinski definition) is 6. The van der Waals surface area contributed by atoms with Gasteiger partial charge in [0, 0.05) is 19.6 Å². The Bertz CT molecular complexity index is 1360. The average Bonchev–Trinajstić information content (AvgIpc) is 3.31. The van der Waals surface area contributed by atoms with Crippen LogP contribution in [-0.2, 0) is 6.18 Å². The second kappa shape index (κ2) is 9.93. The lowest BCUT2D eigenvalue weighted by molar-refractivity contribution is -0.138. The summed E-state index contributed by atoms with van der Waals surface area (Å²) >= 11 is 0. The van der Waals surface area contributed by atoms with E-state index in [0.717, 1.165) is 55.5 Å². The molecular formula is C26H29F3N6O. The lowest BCUT2D eigenvalue weighted by atomic mass is 10.0. The van der Waals surface area contributed by atoms with Crippen molar-refractivity contribution in [3.05, 3.63) is 48.2 Å². The molecule has 0 saturated carbocycles. The van der Waals surface area contributed by atoms with Crippen molar-refractivity contribution in [2.45, 2.75) is 31.9 Å². The van der Waals surface area contributed by atoms with E-state index in [1.807, 2.05) is 35.5 Å². The summed E-state index contributed by atoms with van der Waals surface area (Å²) in [4.78, 5) is 8.66. The zero-order valence-electron chi connectivity index (χ0n) is 20.4. The molecular weight excluding hydrogens is 469 g/mol. The largest absolute Gasteiger partial charge is 0.493 e. The third kappa shape index (κ3) is 4.95. The molecule has 10 heteroatoms. The molecule has 2 aromatic heterocycles. The molecule has 5 rings (SSSR count). The normalized spacial score (nSPS) is 14.8. The highest BCUT2D eigenvalue weighted by molar-refractivity contribution is 5.84. The van der Waals surface area contributed by atoms with E-state index in [0.29, 0.717) is 23.2 Å². The molecule has 190 valence electrons. The van der Waals surface area contributed by atoms with Crippen LogP contribution in [0.2, 0.25) is 0 Å². The van der Waals surface area contributed by atoms with E-state index in [1.54, 1.807) is 18.3 Å². The second-order valence-electron chi connectivity index (χ2n) is 9.42. The van der Waals surface area contributed by atoms with Crippen LogP contribution in [0.4, 0.5) is 19.1 Å². The molecule has 3 heterocycles. The van der Waals surface area contributed by atoms with Crippen molar-refractivity contribution in [1.29, 1.82) is 0 Å². The van der Waals surface area contributed by atoms with Crippen molar-refractivity contribution in [2.24, 2.45) is 0 Å². The molecule has 1 aliphatic heterocycles. The lowest BCUT2D eigenvalue weighted by Gasteiger charge is -2.26. The highest BCUT2D eigenvalue weighted by Gasteiger charge is 2.35. The SMILES string of the molecule is CN(C)CCCOc1ccc(-c2ccc3ncc4nnc(N5CCCCC5)n4c3c2)cc1C(F)(F)F. The van der Waals surface area contributed by atoms with Crippen molar-refractivity contribution < 1.29 is 17.9 Å². The monoisotopic (exact) mass is 498 g/mol. The molecule has 2 aromatic carbocycles. The van der Waals surface area contributed by atoms with E-state index in [-0.39, 0.29) is 12.4 Å². The molecule has 0 unspecified atom stereocenters. The fraction of sp³-hybridized carbons (Fsp3) is 0.423. The Kier molecular flexibility index (Phi) is 6.70. The van der Waals surface area contributed by atoms with Crippen molar-refractivity contribution in [3.8, 4) is 16.9 Å². The molecule has 1 aliphatic rings. The predicted molar refractivity (Wildman–Crippen MR) is 133 cm³/mol. The minimum Gasteiger partial charge on any atom is -0.493 e. The Balaban J connectivity index is 1.53. The Hall–Kier alpha value is -3.40. The minimum absolute atomic E-state index is 0.152. The smallest absolute Gasteiger partial charge is 0.419 e. The minimum atomic E-state index is -4.53. The number of aromatic nitrogens is 4. The lowest BCUT2D eigenvalue weighted by Crippen LogP contribution is -2.31. The number of ether oxygens (including phenoxy) is 1. The molecule has 0 aliphatic carbocycles. The summed E-state index contributed by atoms with van der Waals surface area (Å²) in [5.41, 5.74) is 2.42. The van der Waals surface area contributed by atoms with Crippen LogP contribution >= 0.6 is 0 Å². The van der Waals surface area contributed by atoms with Gasteiger partial charge < -0.3 is 14.5 Å². The average molecular weight is 499 g/mol. The van der Waals surface area contributed by atoms with Gasteiger partial charge in [-0.05, 0) is 75.2 Å². The maximum absolute atomic E-state index is 13.9. The molecule has 1 fully saturated rings. The molecule has 0 N–H and O–H groups in total. The van der Waals surface area contributed by atoms with E-state index >= 15 is 0 Å². The number of benzene rings is 2. The maximum Gasteiger partial charge on any atom is 0.419 e. The predicted octanol–water partition coefficient (Wildman–Crippen LogP) is 5.28. The molecule has 7 nitrogen and oxygen atoms in total. The van der Waals surface area contributed by atoms with Crippen molar-refractivity contribution >= 4 is 22.6 Å². The van der Waals surface area contributed by atoms with Gasteiger partial charge in [-0.15, -0.1) is 10.2 Å². The molecule has 0 bridgehead atoms. The van der Waals surface area contributed by atoms with Crippen LogP contribution < -0.4 is 9.64 Å². The summed E-state index contributed by atoms with van der Waals surface area (Å²) < 4.78 is 49.3. The van der Waals surface area contributed by atoms with Crippen LogP contribution in [0.25, 0.3) is 27.8 Å². The molecule has 0 amide bonds. The zero-order chi connectivity index (χ0) is 25.3. The van der Waals surface area contributed by atoms with Crippen LogP contribution in [0.5, 0.6) is 5.75 Å². The number of piperidine rings is 1. The van der Waals surface area contributed by atoms with Crippen molar-refractivity contribution in [3.63, 3.8) is 0 Å². The summed E-state index contributed by atoms with van der Waals surface area (Å²) in [6, 6.07) is 9.72. The Labute approximate surface area is 207 Å². The number of nitrogens with zero attached hydrogens (tertiary/aromatic N) is 6. The van der Waals surface area contributed by atoms with Gasteiger partial charge in [0.1, 0.15) is 5.75 Å². The van der Waals surface area contributed by atoms with E-state index in [4.69, 9.17) is 4.74 Å². The number of halogens is 3. The molecule has 36 heavy (non-hydrogen) atoms.